The molecule has 0 saturated carbocycles. The van der Waals surface area contributed by atoms with E-state index in [1.54, 1.807) is 11.3 Å². The molecule has 0 unspecified atom stereocenters. The first kappa shape index (κ1) is 12.7. The lowest BCUT2D eigenvalue weighted by Crippen LogP contribution is -2.33. The first-order chi connectivity index (χ1) is 10.3. The van der Waals surface area contributed by atoms with Gasteiger partial charge in [0.25, 0.3) is 0 Å². The van der Waals surface area contributed by atoms with E-state index in [0.717, 1.165) is 36.8 Å². The molecule has 0 amide bonds. The molecule has 4 rings (SSSR count). The summed E-state index contributed by atoms with van der Waals surface area (Å²) < 4.78 is 7.50. The van der Waals surface area contributed by atoms with Gasteiger partial charge in [-0.05, 0) is 18.4 Å². The highest BCUT2D eigenvalue weighted by atomic mass is 32.1. The van der Waals surface area contributed by atoms with E-state index in [0.29, 0.717) is 18.3 Å². The molecule has 0 bridgehead atoms. The van der Waals surface area contributed by atoms with Gasteiger partial charge in [0.1, 0.15) is 11.6 Å². The molecule has 3 aromatic heterocycles. The van der Waals surface area contributed by atoms with Crippen LogP contribution in [0.15, 0.2) is 21.3 Å². The fourth-order valence-corrected chi connectivity index (χ4v) is 3.14. The van der Waals surface area contributed by atoms with E-state index in [4.69, 9.17) is 4.52 Å². The predicted octanol–water partition coefficient (Wildman–Crippen LogP) is 1.71. The second-order valence-corrected chi connectivity index (χ2v) is 5.83. The van der Waals surface area contributed by atoms with Crippen LogP contribution in [0.1, 0.15) is 17.5 Å². The summed E-state index contributed by atoms with van der Waals surface area (Å²) in [6.45, 7) is 5.22. The zero-order valence-electron chi connectivity index (χ0n) is 11.6. The Bertz CT molecular complexity index is 747. The highest BCUT2D eigenvalue weighted by molar-refractivity contribution is 7.08. The molecular formula is C13H14N6OS. The van der Waals surface area contributed by atoms with Gasteiger partial charge in [-0.25, -0.2) is 0 Å². The van der Waals surface area contributed by atoms with Crippen LogP contribution in [0.5, 0.6) is 0 Å². The number of hydrogen-bond donors (Lipinski definition) is 0. The minimum Gasteiger partial charge on any atom is -0.338 e. The van der Waals surface area contributed by atoms with Crippen LogP contribution in [0, 0.1) is 6.92 Å². The average Bonchev–Trinajstić information content (AvgIpc) is 3.20. The molecule has 7 nitrogen and oxygen atoms in total. The van der Waals surface area contributed by atoms with Crippen LogP contribution in [0.25, 0.3) is 11.4 Å². The van der Waals surface area contributed by atoms with E-state index in [2.05, 4.69) is 29.8 Å². The first-order valence-electron chi connectivity index (χ1n) is 6.76. The van der Waals surface area contributed by atoms with Gasteiger partial charge >= 0.3 is 0 Å². The van der Waals surface area contributed by atoms with Gasteiger partial charge in [-0.15, -0.1) is 10.2 Å². The van der Waals surface area contributed by atoms with Crippen molar-refractivity contribution in [2.45, 2.75) is 26.6 Å². The maximum absolute atomic E-state index is 5.34. The minimum absolute atomic E-state index is 0.640. The molecule has 4 heterocycles. The van der Waals surface area contributed by atoms with Crippen molar-refractivity contribution in [3.05, 3.63) is 34.4 Å². The molecule has 0 radical (unpaired) electrons. The molecular weight excluding hydrogens is 288 g/mol. The summed E-state index contributed by atoms with van der Waals surface area (Å²) in [5.74, 6) is 3.27. The number of thiophene rings is 1. The monoisotopic (exact) mass is 302 g/mol. The van der Waals surface area contributed by atoms with E-state index in [1.165, 1.54) is 0 Å². The van der Waals surface area contributed by atoms with Crippen molar-refractivity contribution in [2.75, 3.05) is 6.54 Å². The third kappa shape index (κ3) is 2.36. The van der Waals surface area contributed by atoms with Crippen molar-refractivity contribution < 1.29 is 4.52 Å². The van der Waals surface area contributed by atoms with E-state index >= 15 is 0 Å². The van der Waals surface area contributed by atoms with E-state index in [-0.39, 0.29) is 0 Å². The van der Waals surface area contributed by atoms with Gasteiger partial charge in [-0.1, -0.05) is 5.16 Å². The first-order valence-corrected chi connectivity index (χ1v) is 7.70. The quantitative estimate of drug-likeness (QED) is 0.733. The summed E-state index contributed by atoms with van der Waals surface area (Å²) >= 11 is 1.62. The Morgan fingerprint density at radius 3 is 3.14 bits per heavy atom. The maximum Gasteiger partial charge on any atom is 0.241 e. The molecule has 0 spiro atoms. The topological polar surface area (TPSA) is 72.9 Å². The Hall–Kier alpha value is -2.06. The SMILES string of the molecule is Cc1nnc2n1CCN(Cc1nc(-c3ccsc3)no1)C2. The zero-order valence-corrected chi connectivity index (χ0v) is 12.4. The molecule has 0 aromatic carbocycles. The van der Waals surface area contributed by atoms with Gasteiger partial charge in [-0.3, -0.25) is 4.90 Å². The lowest BCUT2D eigenvalue weighted by Gasteiger charge is -2.25. The third-order valence-corrected chi connectivity index (χ3v) is 4.31. The smallest absolute Gasteiger partial charge is 0.241 e. The molecule has 8 heteroatoms. The molecule has 0 fully saturated rings. The summed E-state index contributed by atoms with van der Waals surface area (Å²) in [7, 11) is 0. The molecule has 0 aliphatic carbocycles. The van der Waals surface area contributed by atoms with Crippen molar-refractivity contribution in [1.29, 1.82) is 0 Å². The molecule has 108 valence electrons. The standard InChI is InChI=1S/C13H14N6OS/c1-9-15-16-11-6-18(3-4-19(9)11)7-12-14-13(17-20-12)10-2-5-21-8-10/h2,5,8H,3-4,6-7H2,1H3. The van der Waals surface area contributed by atoms with E-state index < -0.39 is 0 Å². The number of nitrogens with zero attached hydrogens (tertiary/aromatic N) is 6. The molecule has 0 atom stereocenters. The van der Waals surface area contributed by atoms with Gasteiger partial charge in [-0.2, -0.15) is 16.3 Å². The van der Waals surface area contributed by atoms with Crippen LogP contribution < -0.4 is 0 Å². The largest absolute Gasteiger partial charge is 0.338 e. The zero-order chi connectivity index (χ0) is 14.2. The average molecular weight is 302 g/mol. The summed E-state index contributed by atoms with van der Waals surface area (Å²) in [6, 6.07) is 1.99. The molecule has 1 aliphatic rings. The summed E-state index contributed by atoms with van der Waals surface area (Å²) in [4.78, 5) is 6.70. The second-order valence-electron chi connectivity index (χ2n) is 5.05. The summed E-state index contributed by atoms with van der Waals surface area (Å²) in [6.07, 6.45) is 0. The van der Waals surface area contributed by atoms with Gasteiger partial charge in [0.15, 0.2) is 0 Å². The number of aromatic nitrogens is 5. The lowest BCUT2D eigenvalue weighted by molar-refractivity contribution is 0.182. The number of fused-ring (bicyclic) bond motifs is 1. The lowest BCUT2D eigenvalue weighted by atomic mass is 10.3. The molecule has 21 heavy (non-hydrogen) atoms. The van der Waals surface area contributed by atoms with Crippen LogP contribution in [-0.4, -0.2) is 36.3 Å². The Balaban J connectivity index is 1.48. The fourth-order valence-electron chi connectivity index (χ4n) is 2.51. The third-order valence-electron chi connectivity index (χ3n) is 3.62. The Morgan fingerprint density at radius 2 is 2.29 bits per heavy atom. The molecule has 0 N–H and O–H groups in total. The number of aryl methyl sites for hydroxylation is 1. The van der Waals surface area contributed by atoms with Crippen LogP contribution >= 0.6 is 11.3 Å². The van der Waals surface area contributed by atoms with Gasteiger partial charge in [0.05, 0.1) is 13.1 Å². The van der Waals surface area contributed by atoms with Crippen LogP contribution in [-0.2, 0) is 19.6 Å². The Kier molecular flexibility index (Phi) is 3.04. The maximum atomic E-state index is 5.34. The summed E-state index contributed by atoms with van der Waals surface area (Å²) in [5, 5.41) is 16.4. The summed E-state index contributed by atoms with van der Waals surface area (Å²) in [5.41, 5.74) is 1.00. The van der Waals surface area contributed by atoms with Crippen molar-refractivity contribution in [1.82, 2.24) is 29.8 Å². The van der Waals surface area contributed by atoms with Crippen LogP contribution in [0.2, 0.25) is 0 Å². The van der Waals surface area contributed by atoms with Crippen molar-refractivity contribution >= 4 is 11.3 Å². The Morgan fingerprint density at radius 1 is 1.33 bits per heavy atom. The normalized spacial score (nSPS) is 15.3. The van der Waals surface area contributed by atoms with E-state index in [1.807, 2.05) is 23.8 Å². The van der Waals surface area contributed by atoms with Gasteiger partial charge in [0.2, 0.25) is 11.7 Å². The van der Waals surface area contributed by atoms with Gasteiger partial charge < -0.3 is 9.09 Å². The van der Waals surface area contributed by atoms with Crippen molar-refractivity contribution in [3.8, 4) is 11.4 Å². The molecule has 0 saturated heterocycles. The van der Waals surface area contributed by atoms with Crippen LogP contribution in [0.4, 0.5) is 0 Å². The number of hydrogen-bond acceptors (Lipinski definition) is 7. The number of rotatable bonds is 3. The van der Waals surface area contributed by atoms with Crippen molar-refractivity contribution in [2.24, 2.45) is 0 Å². The minimum atomic E-state index is 0.640. The van der Waals surface area contributed by atoms with Crippen molar-refractivity contribution in [3.63, 3.8) is 0 Å². The molecule has 1 aliphatic heterocycles. The highest BCUT2D eigenvalue weighted by Gasteiger charge is 2.21. The fraction of sp³-hybridized carbons (Fsp3) is 0.385. The van der Waals surface area contributed by atoms with Gasteiger partial charge in [0, 0.05) is 24.0 Å². The second kappa shape index (κ2) is 5.05. The molecule has 3 aromatic rings. The van der Waals surface area contributed by atoms with E-state index in [9.17, 15) is 0 Å². The Labute approximate surface area is 125 Å². The van der Waals surface area contributed by atoms with Crippen LogP contribution in [0.3, 0.4) is 0 Å². The predicted molar refractivity (Wildman–Crippen MR) is 76.5 cm³/mol. The highest BCUT2D eigenvalue weighted by Crippen LogP contribution is 2.20.